The number of methoxy groups -OCH3 is 1. The Morgan fingerprint density at radius 1 is 1.15 bits per heavy atom. The van der Waals surface area contributed by atoms with E-state index in [1.54, 1.807) is 7.11 Å². The van der Waals surface area contributed by atoms with Crippen molar-refractivity contribution in [2.24, 2.45) is 4.99 Å². The summed E-state index contributed by atoms with van der Waals surface area (Å²) in [6, 6.07) is 8.27. The van der Waals surface area contributed by atoms with Gasteiger partial charge in [-0.05, 0) is 50.4 Å². The van der Waals surface area contributed by atoms with Crippen LogP contribution in [-0.2, 0) is 11.2 Å². The number of hydrogen-bond acceptors (Lipinski definition) is 4. The SMILES string of the molecule is CCNC(=NCCCc1ccc(OC)cc1)NCCCN1CCOCC1. The van der Waals surface area contributed by atoms with Crippen LogP contribution in [-0.4, -0.2) is 70.5 Å². The number of guanidine groups is 1. The summed E-state index contributed by atoms with van der Waals surface area (Å²) in [5.41, 5.74) is 1.32. The highest BCUT2D eigenvalue weighted by atomic mass is 16.5. The van der Waals surface area contributed by atoms with E-state index in [0.717, 1.165) is 83.5 Å². The van der Waals surface area contributed by atoms with Crippen LogP contribution in [0.5, 0.6) is 5.75 Å². The summed E-state index contributed by atoms with van der Waals surface area (Å²) in [6.45, 7) is 9.71. The second-order valence-corrected chi connectivity index (χ2v) is 6.45. The van der Waals surface area contributed by atoms with Crippen LogP contribution in [0.25, 0.3) is 0 Å². The van der Waals surface area contributed by atoms with Gasteiger partial charge in [-0.3, -0.25) is 9.89 Å². The predicted molar refractivity (Wildman–Crippen MR) is 107 cm³/mol. The summed E-state index contributed by atoms with van der Waals surface area (Å²) in [7, 11) is 1.69. The van der Waals surface area contributed by atoms with Crippen molar-refractivity contribution < 1.29 is 9.47 Å². The summed E-state index contributed by atoms with van der Waals surface area (Å²) in [5.74, 6) is 1.83. The molecule has 146 valence electrons. The lowest BCUT2D eigenvalue weighted by molar-refractivity contribution is 0.0376. The molecule has 6 nitrogen and oxygen atoms in total. The monoisotopic (exact) mass is 362 g/mol. The van der Waals surface area contributed by atoms with Gasteiger partial charge in [0.25, 0.3) is 0 Å². The van der Waals surface area contributed by atoms with Crippen molar-refractivity contribution in [1.29, 1.82) is 0 Å². The first kappa shape index (κ1) is 20.5. The summed E-state index contributed by atoms with van der Waals surface area (Å²) in [6.07, 6.45) is 3.19. The molecule has 1 aromatic carbocycles. The minimum absolute atomic E-state index is 0.824. The molecule has 1 fully saturated rings. The smallest absolute Gasteiger partial charge is 0.191 e. The topological polar surface area (TPSA) is 58.1 Å². The molecule has 2 rings (SSSR count). The van der Waals surface area contributed by atoms with E-state index >= 15 is 0 Å². The first-order valence-electron chi connectivity index (χ1n) is 9.77. The molecule has 0 atom stereocenters. The van der Waals surface area contributed by atoms with Gasteiger partial charge in [0.15, 0.2) is 5.96 Å². The maximum atomic E-state index is 5.38. The van der Waals surface area contributed by atoms with E-state index in [9.17, 15) is 0 Å². The maximum Gasteiger partial charge on any atom is 0.191 e. The van der Waals surface area contributed by atoms with Gasteiger partial charge in [0, 0.05) is 32.7 Å². The van der Waals surface area contributed by atoms with Gasteiger partial charge in [-0.1, -0.05) is 12.1 Å². The van der Waals surface area contributed by atoms with E-state index in [1.807, 2.05) is 12.1 Å². The second-order valence-electron chi connectivity index (χ2n) is 6.45. The Labute approximate surface area is 158 Å². The second kappa shape index (κ2) is 12.5. The van der Waals surface area contributed by atoms with Crippen molar-refractivity contribution >= 4 is 5.96 Å². The normalized spacial score (nSPS) is 15.7. The van der Waals surface area contributed by atoms with Crippen molar-refractivity contribution in [3.05, 3.63) is 29.8 Å². The first-order chi connectivity index (χ1) is 12.8. The number of nitrogens with one attached hydrogen (secondary N) is 2. The molecule has 1 aromatic rings. The molecule has 0 spiro atoms. The van der Waals surface area contributed by atoms with Crippen molar-refractivity contribution in [2.45, 2.75) is 26.2 Å². The van der Waals surface area contributed by atoms with Crippen molar-refractivity contribution in [3.63, 3.8) is 0 Å². The molecule has 0 radical (unpaired) electrons. The van der Waals surface area contributed by atoms with Crippen LogP contribution in [0.1, 0.15) is 25.3 Å². The highest BCUT2D eigenvalue weighted by molar-refractivity contribution is 5.79. The van der Waals surface area contributed by atoms with Gasteiger partial charge >= 0.3 is 0 Å². The van der Waals surface area contributed by atoms with Crippen LogP contribution in [0.4, 0.5) is 0 Å². The zero-order chi connectivity index (χ0) is 18.5. The molecule has 1 aliphatic heterocycles. The summed E-state index contributed by atoms with van der Waals surface area (Å²) in [5, 5.41) is 6.76. The lowest BCUT2D eigenvalue weighted by atomic mass is 10.1. The number of aryl methyl sites for hydroxylation is 1. The lowest BCUT2D eigenvalue weighted by Crippen LogP contribution is -2.40. The minimum Gasteiger partial charge on any atom is -0.497 e. The third kappa shape index (κ3) is 8.06. The zero-order valence-corrected chi connectivity index (χ0v) is 16.3. The molecule has 2 N–H and O–H groups in total. The van der Waals surface area contributed by atoms with Crippen molar-refractivity contribution in [3.8, 4) is 5.75 Å². The van der Waals surface area contributed by atoms with Crippen LogP contribution in [0.2, 0.25) is 0 Å². The Bertz CT molecular complexity index is 513. The molecule has 0 unspecified atom stereocenters. The van der Waals surface area contributed by atoms with Crippen LogP contribution >= 0.6 is 0 Å². The molecule has 0 aromatic heterocycles. The van der Waals surface area contributed by atoms with E-state index in [4.69, 9.17) is 9.47 Å². The Balaban J connectivity index is 1.63. The highest BCUT2D eigenvalue weighted by Gasteiger charge is 2.09. The number of ether oxygens (including phenoxy) is 2. The fourth-order valence-corrected chi connectivity index (χ4v) is 2.94. The molecule has 6 heteroatoms. The van der Waals surface area contributed by atoms with Crippen molar-refractivity contribution in [1.82, 2.24) is 15.5 Å². The molecule has 0 amide bonds. The zero-order valence-electron chi connectivity index (χ0n) is 16.3. The summed E-state index contributed by atoms with van der Waals surface area (Å²) >= 11 is 0. The van der Waals surface area contributed by atoms with Gasteiger partial charge in [0.2, 0.25) is 0 Å². The lowest BCUT2D eigenvalue weighted by Gasteiger charge is -2.26. The van der Waals surface area contributed by atoms with Crippen LogP contribution in [0, 0.1) is 0 Å². The predicted octanol–water partition coefficient (Wildman–Crippen LogP) is 1.91. The Hall–Kier alpha value is -1.79. The quantitative estimate of drug-likeness (QED) is 0.378. The fourth-order valence-electron chi connectivity index (χ4n) is 2.94. The molecular formula is C20H34N4O2. The molecule has 1 saturated heterocycles. The number of benzene rings is 1. The third-order valence-corrected chi connectivity index (χ3v) is 4.44. The number of morpholine rings is 1. The van der Waals surface area contributed by atoms with Crippen LogP contribution in [0.15, 0.2) is 29.3 Å². The average Bonchev–Trinajstić information content (AvgIpc) is 2.69. The maximum absolute atomic E-state index is 5.38. The van der Waals surface area contributed by atoms with Gasteiger partial charge in [-0.2, -0.15) is 0 Å². The van der Waals surface area contributed by atoms with E-state index in [1.165, 1.54) is 5.56 Å². The molecule has 1 heterocycles. The number of hydrogen-bond donors (Lipinski definition) is 2. The highest BCUT2D eigenvalue weighted by Crippen LogP contribution is 2.12. The third-order valence-electron chi connectivity index (χ3n) is 4.44. The van der Waals surface area contributed by atoms with Gasteiger partial charge in [0.05, 0.1) is 20.3 Å². The molecule has 0 aliphatic carbocycles. The van der Waals surface area contributed by atoms with E-state index in [0.29, 0.717) is 0 Å². The van der Waals surface area contributed by atoms with Gasteiger partial charge in [-0.15, -0.1) is 0 Å². The van der Waals surface area contributed by atoms with Gasteiger partial charge in [0.1, 0.15) is 5.75 Å². The van der Waals surface area contributed by atoms with Crippen LogP contribution in [0.3, 0.4) is 0 Å². The average molecular weight is 363 g/mol. The standard InChI is InChI=1S/C20H34N4O2/c1-3-21-20(23-12-5-13-24-14-16-26-17-15-24)22-11-4-6-18-7-9-19(25-2)10-8-18/h7-10H,3-6,11-17H2,1-2H3,(H2,21,22,23). The number of rotatable bonds is 10. The summed E-state index contributed by atoms with van der Waals surface area (Å²) < 4.78 is 10.6. The fraction of sp³-hybridized carbons (Fsp3) is 0.650. The number of aliphatic imine (C=N–C) groups is 1. The molecule has 26 heavy (non-hydrogen) atoms. The first-order valence-corrected chi connectivity index (χ1v) is 9.77. The Kier molecular flexibility index (Phi) is 9.90. The minimum atomic E-state index is 0.824. The largest absolute Gasteiger partial charge is 0.497 e. The number of nitrogens with zero attached hydrogens (tertiary/aromatic N) is 2. The Morgan fingerprint density at radius 2 is 1.92 bits per heavy atom. The van der Waals surface area contributed by atoms with Gasteiger partial charge in [-0.25, -0.2) is 0 Å². The molecular weight excluding hydrogens is 328 g/mol. The summed E-state index contributed by atoms with van der Waals surface area (Å²) in [4.78, 5) is 7.15. The van der Waals surface area contributed by atoms with E-state index < -0.39 is 0 Å². The van der Waals surface area contributed by atoms with E-state index in [2.05, 4.69) is 39.6 Å². The molecule has 1 aliphatic rings. The van der Waals surface area contributed by atoms with Crippen molar-refractivity contribution in [2.75, 3.05) is 59.6 Å². The molecule has 0 bridgehead atoms. The van der Waals surface area contributed by atoms with Gasteiger partial charge < -0.3 is 20.1 Å². The van der Waals surface area contributed by atoms with Crippen LogP contribution < -0.4 is 15.4 Å². The molecule has 0 saturated carbocycles. The van der Waals surface area contributed by atoms with E-state index in [-0.39, 0.29) is 0 Å². The Morgan fingerprint density at radius 3 is 2.62 bits per heavy atom.